The minimum Gasteiger partial charge on any atom is -0.364 e. The van der Waals surface area contributed by atoms with Crippen molar-refractivity contribution in [2.24, 2.45) is 17.6 Å². The van der Waals surface area contributed by atoms with Gasteiger partial charge in [-0.1, -0.05) is 30.3 Å². The molecule has 2 atom stereocenters. The smallest absolute Gasteiger partial charge is 0.268 e. The van der Waals surface area contributed by atoms with Crippen molar-refractivity contribution < 1.29 is 9.59 Å². The van der Waals surface area contributed by atoms with Crippen LogP contribution in [0.5, 0.6) is 0 Å². The van der Waals surface area contributed by atoms with E-state index in [9.17, 15) is 9.59 Å². The zero-order chi connectivity index (χ0) is 24.4. The molecule has 2 aromatic heterocycles. The average molecular weight is 471 g/mol. The van der Waals surface area contributed by atoms with Crippen LogP contribution in [0.15, 0.2) is 54.9 Å². The van der Waals surface area contributed by atoms with Gasteiger partial charge in [-0.25, -0.2) is 9.97 Å². The first-order valence-corrected chi connectivity index (χ1v) is 12.1. The van der Waals surface area contributed by atoms with Crippen LogP contribution in [0.2, 0.25) is 0 Å². The van der Waals surface area contributed by atoms with E-state index in [1.807, 2.05) is 11.0 Å². The van der Waals surface area contributed by atoms with Crippen LogP contribution in [0, 0.1) is 18.8 Å². The predicted octanol–water partition coefficient (Wildman–Crippen LogP) is 2.58. The van der Waals surface area contributed by atoms with Gasteiger partial charge in [-0.2, -0.15) is 0 Å². The van der Waals surface area contributed by atoms with Gasteiger partial charge in [0.2, 0.25) is 0 Å². The second-order valence-corrected chi connectivity index (χ2v) is 9.54. The number of primary amides is 1. The fourth-order valence-corrected chi connectivity index (χ4v) is 5.39. The van der Waals surface area contributed by atoms with Gasteiger partial charge in [0.1, 0.15) is 5.69 Å². The Morgan fingerprint density at radius 3 is 2.31 bits per heavy atom. The molecule has 2 aliphatic rings. The van der Waals surface area contributed by atoms with Crippen LogP contribution in [0.4, 0.5) is 0 Å². The van der Waals surface area contributed by atoms with Crippen molar-refractivity contribution in [3.63, 3.8) is 0 Å². The minimum atomic E-state index is -0.724. The highest BCUT2D eigenvalue weighted by Crippen LogP contribution is 2.33. The van der Waals surface area contributed by atoms with Crippen LogP contribution >= 0.6 is 0 Å². The molecule has 180 valence electrons. The monoisotopic (exact) mass is 470 g/mol. The number of hydrogen-bond donors (Lipinski definition) is 1. The van der Waals surface area contributed by atoms with Crippen molar-refractivity contribution in [1.29, 1.82) is 0 Å². The largest absolute Gasteiger partial charge is 0.364 e. The van der Waals surface area contributed by atoms with Crippen molar-refractivity contribution in [2.45, 2.75) is 19.8 Å². The van der Waals surface area contributed by atoms with Gasteiger partial charge in [-0.05, 0) is 55.8 Å². The topological polar surface area (TPSA) is 105 Å². The Morgan fingerprint density at radius 2 is 1.66 bits per heavy atom. The molecular formula is C27H30N6O2. The van der Waals surface area contributed by atoms with Crippen LogP contribution < -0.4 is 5.73 Å². The van der Waals surface area contributed by atoms with E-state index >= 15 is 0 Å². The molecule has 3 aromatic rings. The normalized spacial score (nSPS) is 19.6. The highest BCUT2D eigenvalue weighted by Gasteiger charge is 2.42. The third-order valence-corrected chi connectivity index (χ3v) is 7.11. The van der Waals surface area contributed by atoms with Gasteiger partial charge in [-0.3, -0.25) is 14.6 Å². The summed E-state index contributed by atoms with van der Waals surface area (Å²) in [5.41, 5.74) is 8.40. The first-order chi connectivity index (χ1) is 17.0. The lowest BCUT2D eigenvalue weighted by atomic mass is 10.0. The summed E-state index contributed by atoms with van der Waals surface area (Å²) in [6.45, 7) is 6.18. The lowest BCUT2D eigenvalue weighted by molar-refractivity contribution is 0.0766. The summed E-state index contributed by atoms with van der Waals surface area (Å²) in [5.74, 6) is 0.329. The maximum absolute atomic E-state index is 13.5. The Balaban J connectivity index is 1.24. The number of aryl methyl sites for hydroxylation is 2. The van der Waals surface area contributed by atoms with E-state index < -0.39 is 5.91 Å². The second-order valence-electron chi connectivity index (χ2n) is 9.54. The van der Waals surface area contributed by atoms with Gasteiger partial charge in [0.15, 0.2) is 5.82 Å². The molecule has 8 heteroatoms. The number of benzene rings is 1. The van der Waals surface area contributed by atoms with Crippen LogP contribution in [-0.4, -0.2) is 69.3 Å². The van der Waals surface area contributed by atoms with Crippen molar-refractivity contribution in [3.8, 4) is 11.4 Å². The summed E-state index contributed by atoms with van der Waals surface area (Å²) in [4.78, 5) is 43.0. The SMILES string of the molecule is Cc1nc(-c2ccncc2)nc(C(N)=O)c1C(=O)N1CC2CN(CCCc3ccccc3)CC2C1. The minimum absolute atomic E-state index is 0.0195. The van der Waals surface area contributed by atoms with Gasteiger partial charge in [-0.15, -0.1) is 0 Å². The van der Waals surface area contributed by atoms with E-state index in [0.29, 0.717) is 42.0 Å². The molecule has 2 aliphatic heterocycles. The highest BCUT2D eigenvalue weighted by molar-refractivity contribution is 6.06. The van der Waals surface area contributed by atoms with E-state index in [2.05, 4.69) is 44.1 Å². The van der Waals surface area contributed by atoms with Crippen LogP contribution in [-0.2, 0) is 6.42 Å². The van der Waals surface area contributed by atoms with Crippen LogP contribution in [0.25, 0.3) is 11.4 Å². The molecule has 0 aliphatic carbocycles. The van der Waals surface area contributed by atoms with Crippen LogP contribution in [0.1, 0.15) is 38.5 Å². The number of fused-ring (bicyclic) bond motifs is 1. The molecule has 2 N–H and O–H groups in total. The fourth-order valence-electron chi connectivity index (χ4n) is 5.39. The number of carbonyl (C=O) groups excluding carboxylic acids is 2. The number of nitrogens with zero attached hydrogens (tertiary/aromatic N) is 5. The number of carbonyl (C=O) groups is 2. The average Bonchev–Trinajstić information content (AvgIpc) is 3.43. The molecule has 4 heterocycles. The molecule has 0 radical (unpaired) electrons. The van der Waals surface area contributed by atoms with Gasteiger partial charge in [0.25, 0.3) is 11.8 Å². The quantitative estimate of drug-likeness (QED) is 0.569. The van der Waals surface area contributed by atoms with Gasteiger partial charge in [0, 0.05) is 44.1 Å². The van der Waals surface area contributed by atoms with Gasteiger partial charge < -0.3 is 15.5 Å². The van der Waals surface area contributed by atoms with Crippen molar-refractivity contribution in [2.75, 3.05) is 32.7 Å². The number of nitrogens with two attached hydrogens (primary N) is 1. The van der Waals surface area contributed by atoms with E-state index in [-0.39, 0.29) is 17.2 Å². The molecule has 2 fully saturated rings. The molecule has 2 saturated heterocycles. The molecule has 5 rings (SSSR count). The van der Waals surface area contributed by atoms with Crippen molar-refractivity contribution >= 4 is 11.8 Å². The standard InChI is InChI=1S/C27H30N6O2/c1-18-23(24(25(28)34)31-26(30-18)20-9-11-29-12-10-20)27(35)33-16-21-14-32(15-22(21)17-33)13-5-8-19-6-3-2-4-7-19/h2-4,6-7,9-12,21-22H,5,8,13-17H2,1H3,(H2,28,34). The van der Waals surface area contributed by atoms with E-state index in [1.54, 1.807) is 31.5 Å². The molecule has 35 heavy (non-hydrogen) atoms. The maximum Gasteiger partial charge on any atom is 0.268 e. The Kier molecular flexibility index (Phi) is 6.55. The van der Waals surface area contributed by atoms with Crippen molar-refractivity contribution in [3.05, 3.63) is 77.4 Å². The molecular weight excluding hydrogens is 440 g/mol. The zero-order valence-electron chi connectivity index (χ0n) is 19.9. The lowest BCUT2D eigenvalue weighted by Crippen LogP contribution is -2.35. The summed E-state index contributed by atoms with van der Waals surface area (Å²) >= 11 is 0. The Bertz CT molecular complexity index is 1200. The van der Waals surface area contributed by atoms with E-state index in [4.69, 9.17) is 5.73 Å². The molecule has 2 unspecified atom stereocenters. The third-order valence-electron chi connectivity index (χ3n) is 7.11. The number of rotatable bonds is 7. The Hall–Kier alpha value is -3.65. The fraction of sp³-hybridized carbons (Fsp3) is 0.370. The summed E-state index contributed by atoms with van der Waals surface area (Å²) in [6, 6.07) is 14.1. The van der Waals surface area contributed by atoms with Crippen LogP contribution in [0.3, 0.4) is 0 Å². The number of aromatic nitrogens is 3. The molecule has 8 nitrogen and oxygen atoms in total. The number of pyridine rings is 1. The van der Waals surface area contributed by atoms with E-state index in [1.165, 1.54) is 5.56 Å². The Morgan fingerprint density at radius 1 is 0.971 bits per heavy atom. The zero-order valence-corrected chi connectivity index (χ0v) is 19.9. The highest BCUT2D eigenvalue weighted by atomic mass is 16.2. The lowest BCUT2D eigenvalue weighted by Gasteiger charge is -2.23. The predicted molar refractivity (Wildman–Crippen MR) is 133 cm³/mol. The van der Waals surface area contributed by atoms with Gasteiger partial charge in [0.05, 0.1) is 11.3 Å². The summed E-state index contributed by atoms with van der Waals surface area (Å²) < 4.78 is 0. The van der Waals surface area contributed by atoms with Crippen molar-refractivity contribution in [1.82, 2.24) is 24.8 Å². The number of hydrogen-bond acceptors (Lipinski definition) is 6. The summed E-state index contributed by atoms with van der Waals surface area (Å²) in [5, 5.41) is 0. The molecule has 0 saturated carbocycles. The van der Waals surface area contributed by atoms with Gasteiger partial charge >= 0.3 is 0 Å². The van der Waals surface area contributed by atoms with E-state index in [0.717, 1.165) is 32.5 Å². The third kappa shape index (κ3) is 4.93. The Labute approximate surface area is 205 Å². The summed E-state index contributed by atoms with van der Waals surface area (Å²) in [7, 11) is 0. The molecule has 0 spiro atoms. The second kappa shape index (κ2) is 9.92. The maximum atomic E-state index is 13.5. The first kappa shape index (κ1) is 23.1. The molecule has 1 aromatic carbocycles. The number of likely N-dealkylation sites (tertiary alicyclic amines) is 2. The molecule has 2 amide bonds. The first-order valence-electron chi connectivity index (χ1n) is 12.1. The molecule has 0 bridgehead atoms. The summed E-state index contributed by atoms with van der Waals surface area (Å²) in [6.07, 6.45) is 5.48. The number of amides is 2.